The summed E-state index contributed by atoms with van der Waals surface area (Å²) in [6.45, 7) is 8.00. The highest BCUT2D eigenvalue weighted by Crippen LogP contribution is 2.32. The highest BCUT2D eigenvalue weighted by molar-refractivity contribution is 7.10. The molecule has 114 valence electrons. The number of aryl methyl sites for hydroxylation is 1. The maximum absolute atomic E-state index is 4.88. The van der Waals surface area contributed by atoms with Gasteiger partial charge >= 0.3 is 0 Å². The van der Waals surface area contributed by atoms with Crippen molar-refractivity contribution in [2.75, 3.05) is 19.6 Å². The summed E-state index contributed by atoms with van der Waals surface area (Å²) in [7, 11) is 0. The molecule has 2 nitrogen and oxygen atoms in total. The van der Waals surface area contributed by atoms with Gasteiger partial charge in [0.2, 0.25) is 0 Å². The van der Waals surface area contributed by atoms with Crippen LogP contribution in [0.3, 0.4) is 0 Å². The van der Waals surface area contributed by atoms with Crippen molar-refractivity contribution in [2.45, 2.75) is 32.6 Å². The summed E-state index contributed by atoms with van der Waals surface area (Å²) in [5, 5.41) is 3.54. The van der Waals surface area contributed by atoms with Crippen LogP contribution in [0.25, 0.3) is 11.3 Å². The van der Waals surface area contributed by atoms with Gasteiger partial charge in [0.15, 0.2) is 0 Å². The fraction of sp³-hybridized carbons (Fsp3) is 0.471. The quantitative estimate of drug-likeness (QED) is 0.811. The molecule has 1 aromatic carbocycles. The molecule has 0 aliphatic carbocycles. The predicted octanol–water partition coefficient (Wildman–Crippen LogP) is 4.74. The van der Waals surface area contributed by atoms with E-state index in [4.69, 9.17) is 4.98 Å². The molecule has 1 aliphatic heterocycles. The third kappa shape index (κ3) is 3.85. The lowest BCUT2D eigenvalue weighted by Gasteiger charge is -2.29. The van der Waals surface area contributed by atoms with Crippen molar-refractivity contribution in [2.24, 2.45) is 0 Å². The fourth-order valence-electron chi connectivity index (χ4n) is 2.83. The Kier molecular flexibility index (Phi) is 5.80. The van der Waals surface area contributed by atoms with Crippen LogP contribution in [0.2, 0.25) is 0 Å². The Hall–Kier alpha value is -0.900. The summed E-state index contributed by atoms with van der Waals surface area (Å²) in [6, 6.07) is 8.67. The zero-order valence-electron chi connectivity index (χ0n) is 12.7. The lowest BCUT2D eigenvalue weighted by Crippen LogP contribution is -2.32. The first-order chi connectivity index (χ1) is 9.76. The van der Waals surface area contributed by atoms with Gasteiger partial charge in [-0.25, -0.2) is 4.98 Å². The van der Waals surface area contributed by atoms with Crippen molar-refractivity contribution in [3.63, 3.8) is 0 Å². The molecule has 0 spiro atoms. The topological polar surface area (TPSA) is 16.1 Å². The van der Waals surface area contributed by atoms with Crippen LogP contribution in [0.4, 0.5) is 0 Å². The van der Waals surface area contributed by atoms with Gasteiger partial charge in [-0.2, -0.15) is 0 Å². The standard InChI is InChI=1S/C17H22N2S.ClH/c1-3-19-10-8-15(9-11-19)17-18-16(12-20-17)14-6-4-13(2)5-7-14;/h4-7,12,15H,3,8-11H2,1-2H3;1H. The van der Waals surface area contributed by atoms with E-state index in [1.165, 1.54) is 48.6 Å². The number of piperidine rings is 1. The van der Waals surface area contributed by atoms with Gasteiger partial charge < -0.3 is 4.90 Å². The molecule has 0 unspecified atom stereocenters. The molecule has 1 aromatic heterocycles. The van der Waals surface area contributed by atoms with Crippen molar-refractivity contribution in [3.8, 4) is 11.3 Å². The van der Waals surface area contributed by atoms with Crippen molar-refractivity contribution in [3.05, 3.63) is 40.2 Å². The molecule has 3 rings (SSSR count). The van der Waals surface area contributed by atoms with E-state index in [0.29, 0.717) is 5.92 Å². The number of benzene rings is 1. The smallest absolute Gasteiger partial charge is 0.0964 e. The summed E-state index contributed by atoms with van der Waals surface area (Å²) < 4.78 is 0. The zero-order chi connectivity index (χ0) is 13.9. The van der Waals surface area contributed by atoms with Crippen molar-refractivity contribution in [1.82, 2.24) is 9.88 Å². The molecular weight excluding hydrogens is 300 g/mol. The molecule has 1 fully saturated rings. The monoisotopic (exact) mass is 322 g/mol. The van der Waals surface area contributed by atoms with Crippen molar-refractivity contribution in [1.29, 1.82) is 0 Å². The Morgan fingerprint density at radius 3 is 2.48 bits per heavy atom. The number of halogens is 1. The lowest BCUT2D eigenvalue weighted by molar-refractivity contribution is 0.222. The van der Waals surface area contributed by atoms with Crippen LogP contribution in [0.1, 0.15) is 36.3 Å². The van der Waals surface area contributed by atoms with Gasteiger partial charge in [-0.15, -0.1) is 23.7 Å². The van der Waals surface area contributed by atoms with E-state index in [2.05, 4.69) is 48.4 Å². The molecule has 0 N–H and O–H groups in total. The van der Waals surface area contributed by atoms with Crippen LogP contribution < -0.4 is 0 Å². The van der Waals surface area contributed by atoms with E-state index < -0.39 is 0 Å². The average molecular weight is 323 g/mol. The highest BCUT2D eigenvalue weighted by atomic mass is 35.5. The molecule has 0 bridgehead atoms. The van der Waals surface area contributed by atoms with Gasteiger partial charge in [-0.3, -0.25) is 0 Å². The van der Waals surface area contributed by atoms with E-state index >= 15 is 0 Å². The second kappa shape index (κ2) is 7.39. The Bertz CT molecular complexity index is 556. The van der Waals surface area contributed by atoms with Crippen molar-refractivity contribution < 1.29 is 0 Å². The second-order valence-electron chi connectivity index (χ2n) is 5.65. The third-order valence-corrected chi connectivity index (χ3v) is 5.26. The Balaban J connectivity index is 0.00000161. The van der Waals surface area contributed by atoms with Gasteiger partial charge in [0, 0.05) is 16.9 Å². The molecule has 0 atom stereocenters. The summed E-state index contributed by atoms with van der Waals surface area (Å²) in [4.78, 5) is 7.42. The van der Waals surface area contributed by atoms with Crippen LogP contribution in [-0.2, 0) is 0 Å². The highest BCUT2D eigenvalue weighted by Gasteiger charge is 2.22. The summed E-state index contributed by atoms with van der Waals surface area (Å²) in [5.41, 5.74) is 3.68. The lowest BCUT2D eigenvalue weighted by atomic mass is 9.97. The van der Waals surface area contributed by atoms with Crippen LogP contribution >= 0.6 is 23.7 Å². The van der Waals surface area contributed by atoms with Gasteiger partial charge in [0.1, 0.15) is 0 Å². The van der Waals surface area contributed by atoms with Gasteiger partial charge in [-0.05, 0) is 39.4 Å². The number of aromatic nitrogens is 1. The maximum Gasteiger partial charge on any atom is 0.0964 e. The summed E-state index contributed by atoms with van der Waals surface area (Å²) >= 11 is 1.83. The van der Waals surface area contributed by atoms with E-state index in [-0.39, 0.29) is 12.4 Å². The average Bonchev–Trinajstić information content (AvgIpc) is 2.98. The molecular formula is C17H23ClN2S. The number of hydrogen-bond acceptors (Lipinski definition) is 3. The van der Waals surface area contributed by atoms with Crippen molar-refractivity contribution >= 4 is 23.7 Å². The first-order valence-electron chi connectivity index (χ1n) is 7.51. The van der Waals surface area contributed by atoms with Crippen LogP contribution in [-0.4, -0.2) is 29.5 Å². The Morgan fingerprint density at radius 1 is 1.19 bits per heavy atom. The first-order valence-corrected chi connectivity index (χ1v) is 8.39. The van der Waals surface area contributed by atoms with E-state index in [9.17, 15) is 0 Å². The Labute approximate surface area is 137 Å². The number of nitrogens with zero attached hydrogens (tertiary/aromatic N) is 2. The van der Waals surface area contributed by atoms with Crippen LogP contribution in [0.15, 0.2) is 29.6 Å². The van der Waals surface area contributed by atoms with E-state index in [0.717, 1.165) is 5.69 Å². The van der Waals surface area contributed by atoms with Gasteiger partial charge in [-0.1, -0.05) is 36.8 Å². The minimum absolute atomic E-state index is 0. The number of thiazole rings is 1. The molecule has 0 radical (unpaired) electrons. The number of hydrogen-bond donors (Lipinski definition) is 0. The second-order valence-corrected chi connectivity index (χ2v) is 6.54. The molecule has 0 amide bonds. The third-order valence-electron chi connectivity index (χ3n) is 4.25. The molecule has 2 heterocycles. The predicted molar refractivity (Wildman–Crippen MR) is 93.6 cm³/mol. The van der Waals surface area contributed by atoms with Crippen LogP contribution in [0, 0.1) is 6.92 Å². The molecule has 4 heteroatoms. The number of likely N-dealkylation sites (tertiary alicyclic amines) is 1. The molecule has 2 aromatic rings. The SMILES string of the molecule is CCN1CCC(c2nc(-c3ccc(C)cc3)cs2)CC1.Cl. The summed E-state index contributed by atoms with van der Waals surface area (Å²) in [6.07, 6.45) is 2.52. The maximum atomic E-state index is 4.88. The normalized spacial score (nSPS) is 16.7. The zero-order valence-corrected chi connectivity index (χ0v) is 14.3. The Morgan fingerprint density at radius 2 is 1.86 bits per heavy atom. The molecule has 1 saturated heterocycles. The van der Waals surface area contributed by atoms with Gasteiger partial charge in [0.05, 0.1) is 10.7 Å². The minimum Gasteiger partial charge on any atom is -0.304 e. The largest absolute Gasteiger partial charge is 0.304 e. The molecule has 0 saturated carbocycles. The summed E-state index contributed by atoms with van der Waals surface area (Å²) in [5.74, 6) is 0.669. The van der Waals surface area contributed by atoms with E-state index in [1.807, 2.05) is 11.3 Å². The minimum atomic E-state index is 0. The fourth-order valence-corrected chi connectivity index (χ4v) is 3.83. The molecule has 21 heavy (non-hydrogen) atoms. The molecule has 1 aliphatic rings. The number of rotatable bonds is 3. The van der Waals surface area contributed by atoms with Gasteiger partial charge in [0.25, 0.3) is 0 Å². The van der Waals surface area contributed by atoms with E-state index in [1.54, 1.807) is 0 Å². The van der Waals surface area contributed by atoms with Crippen LogP contribution in [0.5, 0.6) is 0 Å². The first kappa shape index (κ1) is 16.5.